The highest BCUT2D eigenvalue weighted by molar-refractivity contribution is 6.32. The molecular weight excluding hydrogens is 476 g/mol. The van der Waals surface area contributed by atoms with Crippen molar-refractivity contribution in [1.82, 2.24) is 4.98 Å². The van der Waals surface area contributed by atoms with Crippen molar-refractivity contribution < 1.29 is 34.2 Å². The van der Waals surface area contributed by atoms with Crippen molar-refractivity contribution in [3.63, 3.8) is 0 Å². The number of phenolic OH excluding ortho intramolecular Hbond substituents is 1. The number of hydrogen-bond donors (Lipinski definition) is 3. The second-order valence-electron chi connectivity index (χ2n) is 10.9. The molecule has 0 saturated heterocycles. The summed E-state index contributed by atoms with van der Waals surface area (Å²) in [5.41, 5.74) is 5.53. The molecule has 2 aromatic rings. The number of hydrogen-bond acceptors (Lipinski definition) is 8. The van der Waals surface area contributed by atoms with E-state index in [2.05, 4.69) is 4.98 Å². The van der Waals surface area contributed by atoms with Gasteiger partial charge in [0.25, 0.3) is 0 Å². The van der Waals surface area contributed by atoms with Gasteiger partial charge in [0.15, 0.2) is 34.7 Å². The van der Waals surface area contributed by atoms with Crippen LogP contribution in [-0.4, -0.2) is 49.8 Å². The lowest BCUT2D eigenvalue weighted by atomic mass is 9.49. The van der Waals surface area contributed by atoms with Gasteiger partial charge in [-0.15, -0.1) is 0 Å². The van der Waals surface area contributed by atoms with Crippen molar-refractivity contribution in [2.24, 2.45) is 41.2 Å². The minimum absolute atomic E-state index is 0.0261. The Morgan fingerprint density at radius 2 is 1.84 bits per heavy atom. The summed E-state index contributed by atoms with van der Waals surface area (Å²) < 4.78 is 0. The van der Waals surface area contributed by atoms with E-state index >= 15 is 0 Å². The first kappa shape index (κ1) is 25.0. The van der Waals surface area contributed by atoms with Gasteiger partial charge in [0, 0.05) is 29.8 Å². The molecule has 1 heterocycles. The number of pyridine rings is 1. The number of phenols is 1. The number of primary amides is 1. The average molecular weight is 505 g/mol. The van der Waals surface area contributed by atoms with Gasteiger partial charge >= 0.3 is 0 Å². The Hall–Kier alpha value is -3.72. The molecule has 9 nitrogen and oxygen atoms in total. The van der Waals surface area contributed by atoms with E-state index in [9.17, 15) is 34.2 Å². The van der Waals surface area contributed by atoms with Gasteiger partial charge in [0.05, 0.1) is 11.5 Å². The van der Waals surface area contributed by atoms with Gasteiger partial charge in [-0.05, 0) is 60.4 Å². The van der Waals surface area contributed by atoms with Crippen LogP contribution in [0.1, 0.15) is 41.8 Å². The minimum atomic E-state index is -2.69. The molecule has 4 N–H and O–H groups in total. The molecule has 2 unspecified atom stereocenters. The van der Waals surface area contributed by atoms with Gasteiger partial charge in [-0.2, -0.15) is 0 Å². The molecule has 3 aliphatic rings. The lowest BCUT2D eigenvalue weighted by Crippen LogP contribution is -2.71. The number of fused-ring (bicyclic) bond motifs is 3. The van der Waals surface area contributed by atoms with Gasteiger partial charge < -0.3 is 15.9 Å². The van der Waals surface area contributed by atoms with Crippen molar-refractivity contribution in [3.05, 3.63) is 47.3 Å². The highest BCUT2D eigenvalue weighted by Crippen LogP contribution is 2.53. The quantitative estimate of drug-likeness (QED) is 0.530. The molecule has 1 aromatic heterocycles. The molecular formula is C28H28N2O7. The summed E-state index contributed by atoms with van der Waals surface area (Å²) in [5, 5.41) is 22.3. The lowest BCUT2D eigenvalue weighted by molar-refractivity contribution is -0.182. The molecule has 3 aliphatic carbocycles. The molecule has 6 atom stereocenters. The molecule has 0 radical (unpaired) electrons. The number of Topliss-reactive ketones (excluding diaryl/α,β-unsaturated/α-hetero) is 4. The van der Waals surface area contributed by atoms with Gasteiger partial charge in [0.2, 0.25) is 5.91 Å². The van der Waals surface area contributed by atoms with Crippen molar-refractivity contribution in [2.45, 2.75) is 39.2 Å². The predicted octanol–water partition coefficient (Wildman–Crippen LogP) is 1.58. The van der Waals surface area contributed by atoms with E-state index in [1.807, 2.05) is 13.0 Å². The van der Waals surface area contributed by atoms with Crippen molar-refractivity contribution in [2.75, 3.05) is 0 Å². The molecule has 1 amide bonds. The van der Waals surface area contributed by atoms with Crippen LogP contribution in [0.4, 0.5) is 0 Å². The fourth-order valence-corrected chi connectivity index (χ4v) is 6.83. The third-order valence-corrected chi connectivity index (χ3v) is 8.38. The Bertz CT molecular complexity index is 1400. The number of nitrogens with two attached hydrogens (primary N) is 1. The largest absolute Gasteiger partial charge is 0.507 e. The fourth-order valence-electron chi connectivity index (χ4n) is 6.83. The number of aromatic hydroxyl groups is 1. The number of aliphatic hydroxyl groups is 1. The maximum absolute atomic E-state index is 13.9. The molecule has 1 aromatic carbocycles. The number of rotatable bonds is 3. The number of aryl methyl sites for hydroxylation is 1. The predicted molar refractivity (Wildman–Crippen MR) is 130 cm³/mol. The first-order chi connectivity index (χ1) is 17.4. The summed E-state index contributed by atoms with van der Waals surface area (Å²) in [4.78, 5) is 70.5. The molecule has 0 aliphatic heterocycles. The first-order valence-electron chi connectivity index (χ1n) is 12.3. The SMILES string of the molecule is Cc1cncc(-c2ccc(O)c3c2C[C@H]2C[C@H]4[C@H](C(C)C)C(=O)C(C(N)=O)C(=O)[C@@]4(O)C(=O)C2C3=O)c1. The topological polar surface area (TPSA) is 165 Å². The normalized spacial score (nSPS) is 31.1. The van der Waals surface area contributed by atoms with E-state index in [0.29, 0.717) is 11.1 Å². The number of aromatic nitrogens is 1. The molecule has 0 spiro atoms. The summed E-state index contributed by atoms with van der Waals surface area (Å²) >= 11 is 0. The molecule has 192 valence electrons. The van der Waals surface area contributed by atoms with E-state index < -0.39 is 70.1 Å². The van der Waals surface area contributed by atoms with Crippen LogP contribution in [0, 0.1) is 42.4 Å². The second kappa shape index (κ2) is 8.41. The van der Waals surface area contributed by atoms with E-state index in [4.69, 9.17) is 5.73 Å². The van der Waals surface area contributed by atoms with Crippen LogP contribution in [0.25, 0.3) is 11.1 Å². The average Bonchev–Trinajstić information content (AvgIpc) is 2.81. The van der Waals surface area contributed by atoms with Crippen LogP contribution in [0.5, 0.6) is 5.75 Å². The van der Waals surface area contributed by atoms with Gasteiger partial charge in [-0.3, -0.25) is 29.0 Å². The van der Waals surface area contributed by atoms with E-state index in [1.165, 1.54) is 6.07 Å². The molecule has 0 bridgehead atoms. The standard InChI is InChI=1S/C28H28N2O7/c1-11(2)19-17-8-13-7-16-15(14-6-12(3)9-30-10-14)4-5-18(31)21(16)24(33)20(13)25(34)28(17,37)26(35)22(23(19)32)27(29)36/h4-6,9-11,13,17,19-20,22,31,37H,7-8H2,1-3H3,(H2,29,36)/t13-,17-,19-,20?,22?,28-/m0/s1. The second-order valence-corrected chi connectivity index (χ2v) is 10.9. The zero-order valence-electron chi connectivity index (χ0n) is 20.7. The molecule has 2 fully saturated rings. The third kappa shape index (κ3) is 3.40. The number of carbonyl (C=O) groups is 5. The van der Waals surface area contributed by atoms with Crippen LogP contribution in [0.15, 0.2) is 30.6 Å². The molecule has 37 heavy (non-hydrogen) atoms. The van der Waals surface area contributed by atoms with Gasteiger partial charge in [-0.1, -0.05) is 19.9 Å². The number of carbonyl (C=O) groups excluding carboxylic acids is 5. The molecule has 5 rings (SSSR count). The summed E-state index contributed by atoms with van der Waals surface area (Å²) in [6.45, 7) is 5.32. The Morgan fingerprint density at radius 1 is 1.14 bits per heavy atom. The number of ketones is 4. The Balaban J connectivity index is 1.67. The minimum Gasteiger partial charge on any atom is -0.507 e. The zero-order chi connectivity index (χ0) is 27.0. The summed E-state index contributed by atoms with van der Waals surface area (Å²) in [7, 11) is 0. The van der Waals surface area contributed by atoms with Crippen molar-refractivity contribution in [3.8, 4) is 16.9 Å². The Kier molecular flexibility index (Phi) is 5.67. The molecule has 2 saturated carbocycles. The van der Waals surface area contributed by atoms with Crippen LogP contribution in [0.3, 0.4) is 0 Å². The maximum Gasteiger partial charge on any atom is 0.235 e. The number of benzene rings is 1. The van der Waals surface area contributed by atoms with E-state index in [1.54, 1.807) is 32.3 Å². The first-order valence-corrected chi connectivity index (χ1v) is 12.3. The monoisotopic (exact) mass is 504 g/mol. The van der Waals surface area contributed by atoms with Crippen LogP contribution < -0.4 is 5.73 Å². The lowest BCUT2D eigenvalue weighted by Gasteiger charge is -2.52. The van der Waals surface area contributed by atoms with Crippen molar-refractivity contribution >= 4 is 29.0 Å². The summed E-state index contributed by atoms with van der Waals surface area (Å²) in [6.07, 6.45) is 3.61. The highest BCUT2D eigenvalue weighted by Gasteiger charge is 2.69. The number of nitrogens with zero attached hydrogens (tertiary/aromatic N) is 1. The Labute approximate surface area is 213 Å². The number of amides is 1. The fraction of sp³-hybridized carbons (Fsp3) is 0.429. The summed E-state index contributed by atoms with van der Waals surface area (Å²) in [5.74, 6) is -11.6. The van der Waals surface area contributed by atoms with Crippen LogP contribution in [-0.2, 0) is 25.6 Å². The zero-order valence-corrected chi connectivity index (χ0v) is 20.7. The van der Waals surface area contributed by atoms with Crippen LogP contribution in [0.2, 0.25) is 0 Å². The van der Waals surface area contributed by atoms with Crippen molar-refractivity contribution in [1.29, 1.82) is 0 Å². The third-order valence-electron chi connectivity index (χ3n) is 8.38. The summed E-state index contributed by atoms with van der Waals surface area (Å²) in [6, 6.07) is 4.97. The van der Waals surface area contributed by atoms with E-state index in [-0.39, 0.29) is 24.2 Å². The van der Waals surface area contributed by atoms with Crippen LogP contribution >= 0.6 is 0 Å². The van der Waals surface area contributed by atoms with Gasteiger partial charge in [0.1, 0.15) is 5.75 Å². The van der Waals surface area contributed by atoms with E-state index in [0.717, 1.165) is 11.1 Å². The smallest absolute Gasteiger partial charge is 0.235 e. The molecule has 9 heteroatoms. The maximum atomic E-state index is 13.9. The highest BCUT2D eigenvalue weighted by atomic mass is 16.3. The van der Waals surface area contributed by atoms with Gasteiger partial charge in [-0.25, -0.2) is 0 Å². The Morgan fingerprint density at radius 3 is 2.46 bits per heavy atom.